The fraction of sp³-hybridized carbons (Fsp3) is 0.500. The summed E-state index contributed by atoms with van der Waals surface area (Å²) < 4.78 is 5.73. The quantitative estimate of drug-likeness (QED) is 0.603. The summed E-state index contributed by atoms with van der Waals surface area (Å²) in [5, 5.41) is 0. The Morgan fingerprint density at radius 2 is 2.22 bits per heavy atom. The highest BCUT2D eigenvalue weighted by atomic mass is 16.5. The molecule has 0 radical (unpaired) electrons. The SMILES string of the molecule is C=CC(=O)/C(C)=C/C(=C)N1CC2(CC2)OC[C@H]1N. The van der Waals surface area contributed by atoms with Gasteiger partial charge in [-0.2, -0.15) is 0 Å². The minimum absolute atomic E-state index is 0.0109. The van der Waals surface area contributed by atoms with Gasteiger partial charge >= 0.3 is 0 Å². The lowest BCUT2D eigenvalue weighted by atomic mass is 10.1. The van der Waals surface area contributed by atoms with Crippen LogP contribution >= 0.6 is 0 Å². The van der Waals surface area contributed by atoms with Crippen LogP contribution < -0.4 is 5.73 Å². The van der Waals surface area contributed by atoms with E-state index in [0.717, 1.165) is 25.1 Å². The van der Waals surface area contributed by atoms with Crippen molar-refractivity contribution < 1.29 is 9.53 Å². The first-order valence-electron chi connectivity index (χ1n) is 6.18. The lowest BCUT2D eigenvalue weighted by Crippen LogP contribution is -2.54. The van der Waals surface area contributed by atoms with Crippen molar-refractivity contribution >= 4 is 5.78 Å². The number of allylic oxidation sites excluding steroid dienone is 3. The Morgan fingerprint density at radius 1 is 1.56 bits per heavy atom. The molecular weight excluding hydrogens is 228 g/mol. The summed E-state index contributed by atoms with van der Waals surface area (Å²) in [6, 6.07) is 0. The van der Waals surface area contributed by atoms with E-state index in [4.69, 9.17) is 10.5 Å². The van der Waals surface area contributed by atoms with Crippen molar-refractivity contribution in [2.75, 3.05) is 13.2 Å². The van der Waals surface area contributed by atoms with Crippen LogP contribution in [-0.4, -0.2) is 35.6 Å². The number of morpholine rings is 1. The van der Waals surface area contributed by atoms with Gasteiger partial charge in [0.15, 0.2) is 5.78 Å². The van der Waals surface area contributed by atoms with Crippen molar-refractivity contribution in [1.29, 1.82) is 0 Å². The first kappa shape index (κ1) is 13.1. The Bertz CT molecular complexity index is 422. The monoisotopic (exact) mass is 248 g/mol. The second-order valence-electron chi connectivity index (χ2n) is 5.08. The fourth-order valence-electron chi connectivity index (χ4n) is 2.15. The smallest absolute Gasteiger partial charge is 0.181 e. The normalized spacial score (nSPS) is 26.0. The van der Waals surface area contributed by atoms with Gasteiger partial charge in [0, 0.05) is 12.2 Å². The molecule has 0 amide bonds. The van der Waals surface area contributed by atoms with Gasteiger partial charge < -0.3 is 15.4 Å². The number of hydrogen-bond donors (Lipinski definition) is 1. The molecule has 18 heavy (non-hydrogen) atoms. The van der Waals surface area contributed by atoms with Crippen LogP contribution in [0.2, 0.25) is 0 Å². The molecule has 98 valence electrons. The summed E-state index contributed by atoms with van der Waals surface area (Å²) >= 11 is 0. The van der Waals surface area contributed by atoms with Crippen molar-refractivity contribution in [3.05, 3.63) is 36.6 Å². The van der Waals surface area contributed by atoms with E-state index in [-0.39, 0.29) is 17.6 Å². The molecule has 0 unspecified atom stereocenters. The number of rotatable bonds is 4. The molecule has 4 heteroatoms. The molecule has 1 saturated heterocycles. The number of carbonyl (C=O) groups is 1. The largest absolute Gasteiger partial charge is 0.370 e. The molecule has 0 aromatic rings. The van der Waals surface area contributed by atoms with Crippen LogP contribution in [0.5, 0.6) is 0 Å². The Hall–Kier alpha value is -1.39. The van der Waals surface area contributed by atoms with E-state index < -0.39 is 0 Å². The highest BCUT2D eigenvalue weighted by Gasteiger charge is 2.49. The molecule has 0 aromatic heterocycles. The minimum atomic E-state index is -0.188. The van der Waals surface area contributed by atoms with Crippen LogP contribution in [-0.2, 0) is 9.53 Å². The number of nitrogens with two attached hydrogens (primary N) is 1. The van der Waals surface area contributed by atoms with Crippen LogP contribution in [0.1, 0.15) is 19.8 Å². The molecule has 2 fully saturated rings. The lowest BCUT2D eigenvalue weighted by molar-refractivity contribution is -0.111. The molecule has 1 aliphatic heterocycles. The molecule has 1 aliphatic carbocycles. The minimum Gasteiger partial charge on any atom is -0.370 e. The van der Waals surface area contributed by atoms with Gasteiger partial charge in [0.25, 0.3) is 0 Å². The molecule has 4 nitrogen and oxygen atoms in total. The summed E-state index contributed by atoms with van der Waals surface area (Å²) in [5.74, 6) is -0.0842. The standard InChI is InChI=1S/C14H20N2O2/c1-4-12(17)10(2)7-11(3)16-9-14(5-6-14)18-8-13(16)15/h4,7,13H,1,3,5-6,8-9,15H2,2H3/b10-7+/t13-/m0/s1. The first-order valence-corrected chi connectivity index (χ1v) is 6.18. The molecule has 0 bridgehead atoms. The molecule has 1 saturated carbocycles. The van der Waals surface area contributed by atoms with Crippen molar-refractivity contribution in [2.24, 2.45) is 5.73 Å². The van der Waals surface area contributed by atoms with Crippen molar-refractivity contribution in [1.82, 2.24) is 4.90 Å². The maximum absolute atomic E-state index is 11.4. The maximum atomic E-state index is 11.4. The van der Waals surface area contributed by atoms with Gasteiger partial charge in [-0.1, -0.05) is 13.2 Å². The second kappa shape index (κ2) is 4.71. The van der Waals surface area contributed by atoms with Crippen LogP contribution in [0, 0.1) is 0 Å². The topological polar surface area (TPSA) is 55.6 Å². The molecule has 1 heterocycles. The summed E-state index contributed by atoms with van der Waals surface area (Å²) in [4.78, 5) is 13.5. The molecule has 0 aromatic carbocycles. The summed E-state index contributed by atoms with van der Waals surface area (Å²) in [7, 11) is 0. The lowest BCUT2D eigenvalue weighted by Gasteiger charge is -2.40. The van der Waals surface area contributed by atoms with Crippen molar-refractivity contribution in [3.63, 3.8) is 0 Å². The Morgan fingerprint density at radius 3 is 2.78 bits per heavy atom. The molecule has 2 aliphatic rings. The third kappa shape index (κ3) is 2.54. The van der Waals surface area contributed by atoms with E-state index in [0.29, 0.717) is 12.2 Å². The average Bonchev–Trinajstić information content (AvgIpc) is 3.11. The summed E-state index contributed by atoms with van der Waals surface area (Å²) in [6.45, 7) is 10.5. The van der Waals surface area contributed by atoms with Crippen LogP contribution in [0.25, 0.3) is 0 Å². The van der Waals surface area contributed by atoms with Gasteiger partial charge in [-0.3, -0.25) is 4.79 Å². The van der Waals surface area contributed by atoms with E-state index in [1.807, 2.05) is 4.90 Å². The third-order valence-electron chi connectivity index (χ3n) is 3.55. The average molecular weight is 248 g/mol. The van der Waals surface area contributed by atoms with Crippen LogP contribution in [0.4, 0.5) is 0 Å². The van der Waals surface area contributed by atoms with E-state index >= 15 is 0 Å². The Labute approximate surface area is 108 Å². The predicted octanol–water partition coefficient (Wildman–Crippen LogP) is 1.35. The number of hydrogen-bond acceptors (Lipinski definition) is 4. The van der Waals surface area contributed by atoms with E-state index in [1.54, 1.807) is 13.0 Å². The van der Waals surface area contributed by atoms with Crippen LogP contribution in [0.3, 0.4) is 0 Å². The number of ketones is 1. The third-order valence-corrected chi connectivity index (χ3v) is 3.55. The summed E-state index contributed by atoms with van der Waals surface area (Å²) in [5.41, 5.74) is 7.40. The Kier molecular flexibility index (Phi) is 3.41. The van der Waals surface area contributed by atoms with Gasteiger partial charge in [-0.25, -0.2) is 0 Å². The van der Waals surface area contributed by atoms with E-state index in [2.05, 4.69) is 13.2 Å². The second-order valence-corrected chi connectivity index (χ2v) is 5.08. The fourth-order valence-corrected chi connectivity index (χ4v) is 2.15. The molecule has 1 atom stereocenters. The zero-order valence-electron chi connectivity index (χ0n) is 10.8. The molecule has 2 rings (SSSR count). The molecule has 2 N–H and O–H groups in total. The summed E-state index contributed by atoms with van der Waals surface area (Å²) in [6.07, 6.45) is 5.05. The van der Waals surface area contributed by atoms with Crippen molar-refractivity contribution in [3.8, 4) is 0 Å². The molecule has 1 spiro atoms. The van der Waals surface area contributed by atoms with Gasteiger partial charge in [-0.15, -0.1) is 0 Å². The maximum Gasteiger partial charge on any atom is 0.181 e. The number of nitrogens with zero attached hydrogens (tertiary/aromatic N) is 1. The van der Waals surface area contributed by atoms with Gasteiger partial charge in [0.1, 0.15) is 6.17 Å². The zero-order chi connectivity index (χ0) is 13.3. The van der Waals surface area contributed by atoms with Gasteiger partial charge in [0.05, 0.1) is 12.2 Å². The number of ether oxygens (including phenoxy) is 1. The molecular formula is C14H20N2O2. The zero-order valence-corrected chi connectivity index (χ0v) is 10.8. The highest BCUT2D eigenvalue weighted by Crippen LogP contribution is 2.43. The van der Waals surface area contributed by atoms with E-state index in [1.165, 1.54) is 6.08 Å². The first-order chi connectivity index (χ1) is 8.47. The van der Waals surface area contributed by atoms with Gasteiger partial charge in [-0.05, 0) is 37.5 Å². The predicted molar refractivity (Wildman–Crippen MR) is 70.7 cm³/mol. The van der Waals surface area contributed by atoms with Gasteiger partial charge in [0.2, 0.25) is 0 Å². The van der Waals surface area contributed by atoms with Crippen molar-refractivity contribution in [2.45, 2.75) is 31.5 Å². The number of carbonyl (C=O) groups excluding carboxylic acids is 1. The highest BCUT2D eigenvalue weighted by molar-refractivity contribution is 6.03. The van der Waals surface area contributed by atoms with Crippen LogP contribution in [0.15, 0.2) is 36.6 Å². The Balaban J connectivity index is 2.07. The van der Waals surface area contributed by atoms with E-state index in [9.17, 15) is 4.79 Å².